The van der Waals surface area contributed by atoms with Crippen molar-refractivity contribution in [2.24, 2.45) is 5.92 Å². The van der Waals surface area contributed by atoms with Gasteiger partial charge in [-0.25, -0.2) is 13.1 Å². The van der Waals surface area contributed by atoms with E-state index in [9.17, 15) is 18.3 Å². The Morgan fingerprint density at radius 2 is 2.00 bits per heavy atom. The van der Waals surface area contributed by atoms with Crippen LogP contribution >= 0.6 is 15.9 Å². The Bertz CT molecular complexity index is 644. The minimum absolute atomic E-state index is 0.165. The molecule has 2 N–H and O–H groups in total. The van der Waals surface area contributed by atoms with Crippen LogP contribution in [0.25, 0.3) is 0 Å². The molecule has 1 aromatic rings. The Labute approximate surface area is 132 Å². The Morgan fingerprint density at radius 3 is 2.62 bits per heavy atom. The highest BCUT2D eigenvalue weighted by atomic mass is 79.9. The van der Waals surface area contributed by atoms with E-state index < -0.39 is 28.0 Å². The second-order valence-electron chi connectivity index (χ2n) is 5.37. The molecular weight excluding hydrogens is 358 g/mol. The second kappa shape index (κ2) is 6.46. The van der Waals surface area contributed by atoms with Crippen LogP contribution in [-0.2, 0) is 14.8 Å². The Kier molecular flexibility index (Phi) is 5.06. The molecule has 0 radical (unpaired) electrons. The van der Waals surface area contributed by atoms with Gasteiger partial charge in [0.25, 0.3) is 0 Å². The summed E-state index contributed by atoms with van der Waals surface area (Å²) in [5.41, 5.74) is 0.816. The fourth-order valence-corrected chi connectivity index (χ4v) is 4.26. The highest BCUT2D eigenvalue weighted by Crippen LogP contribution is 2.27. The lowest BCUT2D eigenvalue weighted by Gasteiger charge is -2.29. The van der Waals surface area contributed by atoms with Crippen molar-refractivity contribution in [3.05, 3.63) is 28.2 Å². The summed E-state index contributed by atoms with van der Waals surface area (Å²) in [6, 6.07) is 4.23. The van der Waals surface area contributed by atoms with Gasteiger partial charge in [-0.1, -0.05) is 28.8 Å². The molecule has 0 saturated heterocycles. The number of aryl methyl sites for hydroxylation is 1. The number of hydrogen-bond acceptors (Lipinski definition) is 3. The van der Waals surface area contributed by atoms with Gasteiger partial charge in [0.15, 0.2) is 0 Å². The van der Waals surface area contributed by atoms with E-state index in [4.69, 9.17) is 0 Å². The summed E-state index contributed by atoms with van der Waals surface area (Å²) in [6.45, 7) is 1.81. The number of nitrogens with one attached hydrogen (secondary N) is 1. The molecule has 2 unspecified atom stereocenters. The topological polar surface area (TPSA) is 83.5 Å². The zero-order valence-corrected chi connectivity index (χ0v) is 14.1. The first-order chi connectivity index (χ1) is 9.81. The van der Waals surface area contributed by atoms with E-state index in [0.717, 1.165) is 22.9 Å². The van der Waals surface area contributed by atoms with Crippen LogP contribution in [0.2, 0.25) is 0 Å². The lowest BCUT2D eigenvalue weighted by molar-refractivity contribution is -0.143. The zero-order valence-electron chi connectivity index (χ0n) is 11.7. The molecule has 0 amide bonds. The molecule has 1 aliphatic carbocycles. The maximum atomic E-state index is 12.4. The summed E-state index contributed by atoms with van der Waals surface area (Å²) in [5.74, 6) is -1.58. The van der Waals surface area contributed by atoms with Gasteiger partial charge in [-0.3, -0.25) is 4.79 Å². The van der Waals surface area contributed by atoms with Gasteiger partial charge in [0, 0.05) is 10.5 Å². The van der Waals surface area contributed by atoms with Crippen LogP contribution in [0.3, 0.4) is 0 Å². The summed E-state index contributed by atoms with van der Waals surface area (Å²) in [5, 5.41) is 9.22. The van der Waals surface area contributed by atoms with Crippen LogP contribution < -0.4 is 4.72 Å². The fraction of sp³-hybridized carbons (Fsp3) is 0.500. The molecule has 0 bridgehead atoms. The molecule has 1 saturated carbocycles. The van der Waals surface area contributed by atoms with Gasteiger partial charge in [-0.15, -0.1) is 0 Å². The van der Waals surface area contributed by atoms with Gasteiger partial charge in [0.05, 0.1) is 10.8 Å². The number of carboxylic acid groups (broad SMARTS) is 1. The number of benzene rings is 1. The van der Waals surface area contributed by atoms with Crippen LogP contribution in [-0.4, -0.2) is 25.5 Å². The van der Waals surface area contributed by atoms with Gasteiger partial charge in [-0.05, 0) is 43.5 Å². The Hall–Kier alpha value is -0.920. The smallest absolute Gasteiger partial charge is 0.308 e. The Morgan fingerprint density at radius 1 is 1.33 bits per heavy atom. The van der Waals surface area contributed by atoms with Crippen LogP contribution in [0.4, 0.5) is 0 Å². The van der Waals surface area contributed by atoms with Crippen LogP contribution in [0.1, 0.15) is 31.2 Å². The van der Waals surface area contributed by atoms with E-state index in [1.165, 1.54) is 6.07 Å². The Balaban J connectivity index is 2.23. The van der Waals surface area contributed by atoms with E-state index >= 15 is 0 Å². The first-order valence-corrected chi connectivity index (χ1v) is 9.10. The summed E-state index contributed by atoms with van der Waals surface area (Å²) in [7, 11) is -3.70. The third-order valence-electron chi connectivity index (χ3n) is 3.83. The summed E-state index contributed by atoms with van der Waals surface area (Å²) >= 11 is 3.33. The maximum absolute atomic E-state index is 12.4. The summed E-state index contributed by atoms with van der Waals surface area (Å²) in [6.07, 6.45) is 2.75. The van der Waals surface area contributed by atoms with Crippen molar-refractivity contribution in [2.75, 3.05) is 0 Å². The molecule has 21 heavy (non-hydrogen) atoms. The van der Waals surface area contributed by atoms with Crippen molar-refractivity contribution < 1.29 is 18.3 Å². The average molecular weight is 376 g/mol. The first-order valence-electron chi connectivity index (χ1n) is 6.82. The van der Waals surface area contributed by atoms with Gasteiger partial charge < -0.3 is 5.11 Å². The quantitative estimate of drug-likeness (QED) is 0.847. The van der Waals surface area contributed by atoms with E-state index in [-0.39, 0.29) is 4.90 Å². The molecular formula is C14H18BrNO4S. The minimum Gasteiger partial charge on any atom is -0.481 e. The van der Waals surface area contributed by atoms with Crippen molar-refractivity contribution in [1.82, 2.24) is 4.72 Å². The van der Waals surface area contributed by atoms with Crippen molar-refractivity contribution in [2.45, 2.75) is 43.5 Å². The molecule has 2 atom stereocenters. The average Bonchev–Trinajstić information content (AvgIpc) is 2.41. The number of sulfonamides is 1. The van der Waals surface area contributed by atoms with E-state index in [2.05, 4.69) is 20.7 Å². The van der Waals surface area contributed by atoms with E-state index in [1.54, 1.807) is 12.1 Å². The predicted molar refractivity (Wildman–Crippen MR) is 82.6 cm³/mol. The monoisotopic (exact) mass is 375 g/mol. The zero-order chi connectivity index (χ0) is 15.6. The standard InChI is InChI=1S/C14H18BrNO4S/c1-9-8-10(6-7-12(9)15)21(19,20)16-13-5-3-2-4-11(13)14(17)18/h6-8,11,13,16H,2-5H2,1H3,(H,17,18). The molecule has 116 valence electrons. The lowest BCUT2D eigenvalue weighted by atomic mass is 9.85. The normalized spacial score (nSPS) is 23.0. The van der Waals surface area contributed by atoms with E-state index in [0.29, 0.717) is 12.8 Å². The van der Waals surface area contributed by atoms with E-state index in [1.807, 2.05) is 6.92 Å². The highest BCUT2D eigenvalue weighted by Gasteiger charge is 2.34. The predicted octanol–water partition coefficient (Wildman–Crippen LogP) is 2.68. The van der Waals surface area contributed by atoms with Crippen molar-refractivity contribution >= 4 is 31.9 Å². The van der Waals surface area contributed by atoms with Gasteiger partial charge in [0.1, 0.15) is 0 Å². The number of carboxylic acids is 1. The molecule has 2 rings (SSSR count). The molecule has 5 nitrogen and oxygen atoms in total. The summed E-state index contributed by atoms with van der Waals surface area (Å²) in [4.78, 5) is 11.4. The molecule has 0 aliphatic heterocycles. The highest BCUT2D eigenvalue weighted by molar-refractivity contribution is 9.10. The lowest BCUT2D eigenvalue weighted by Crippen LogP contribution is -2.45. The molecule has 0 heterocycles. The number of carbonyl (C=O) groups is 1. The number of hydrogen-bond donors (Lipinski definition) is 2. The first kappa shape index (κ1) is 16.5. The second-order valence-corrected chi connectivity index (χ2v) is 7.94. The molecule has 7 heteroatoms. The molecule has 1 fully saturated rings. The largest absolute Gasteiger partial charge is 0.481 e. The third kappa shape index (κ3) is 3.84. The van der Waals surface area contributed by atoms with Gasteiger partial charge in [-0.2, -0.15) is 0 Å². The van der Waals surface area contributed by atoms with Crippen LogP contribution in [0, 0.1) is 12.8 Å². The number of rotatable bonds is 4. The minimum atomic E-state index is -3.70. The third-order valence-corrected chi connectivity index (χ3v) is 6.21. The van der Waals surface area contributed by atoms with Crippen LogP contribution in [0.15, 0.2) is 27.6 Å². The van der Waals surface area contributed by atoms with Gasteiger partial charge >= 0.3 is 5.97 Å². The van der Waals surface area contributed by atoms with Crippen molar-refractivity contribution in [1.29, 1.82) is 0 Å². The number of aliphatic carboxylic acids is 1. The molecule has 1 aromatic carbocycles. The number of halogens is 1. The fourth-order valence-electron chi connectivity index (χ4n) is 2.62. The summed E-state index contributed by atoms with van der Waals surface area (Å²) < 4.78 is 28.2. The van der Waals surface area contributed by atoms with Crippen molar-refractivity contribution in [3.8, 4) is 0 Å². The molecule has 1 aliphatic rings. The maximum Gasteiger partial charge on any atom is 0.308 e. The molecule has 0 spiro atoms. The SMILES string of the molecule is Cc1cc(S(=O)(=O)NC2CCCCC2C(=O)O)ccc1Br. The van der Waals surface area contributed by atoms with Crippen molar-refractivity contribution in [3.63, 3.8) is 0 Å². The van der Waals surface area contributed by atoms with Gasteiger partial charge in [0.2, 0.25) is 10.0 Å². The van der Waals surface area contributed by atoms with Crippen LogP contribution in [0.5, 0.6) is 0 Å². The molecule has 0 aromatic heterocycles.